The van der Waals surface area contributed by atoms with E-state index in [9.17, 15) is 4.79 Å². The van der Waals surface area contributed by atoms with Crippen LogP contribution in [0.15, 0.2) is 22.8 Å². The zero-order valence-corrected chi connectivity index (χ0v) is 9.37. The molecule has 1 aromatic carbocycles. The SMILES string of the molecule is COc1ccc2c(C(C)=O)coc2c1OC. The Kier molecular flexibility index (Phi) is 2.56. The molecule has 0 aliphatic heterocycles. The summed E-state index contributed by atoms with van der Waals surface area (Å²) in [5, 5.41) is 0.741. The molecule has 1 heterocycles. The van der Waals surface area contributed by atoms with Gasteiger partial charge in [0, 0.05) is 5.39 Å². The molecule has 0 aliphatic carbocycles. The van der Waals surface area contributed by atoms with Crippen molar-refractivity contribution in [3.05, 3.63) is 24.0 Å². The zero-order valence-electron chi connectivity index (χ0n) is 9.37. The molecule has 0 saturated heterocycles. The lowest BCUT2D eigenvalue weighted by Crippen LogP contribution is -1.92. The molecule has 2 rings (SSSR count). The van der Waals surface area contributed by atoms with E-state index >= 15 is 0 Å². The van der Waals surface area contributed by atoms with E-state index in [0.29, 0.717) is 22.6 Å². The summed E-state index contributed by atoms with van der Waals surface area (Å²) >= 11 is 0. The average molecular weight is 220 g/mol. The molecule has 0 saturated carbocycles. The van der Waals surface area contributed by atoms with Crippen molar-refractivity contribution < 1.29 is 18.7 Å². The number of furan rings is 1. The fourth-order valence-electron chi connectivity index (χ4n) is 1.68. The smallest absolute Gasteiger partial charge is 0.204 e. The molecular formula is C12H12O4. The molecule has 4 heteroatoms. The maximum Gasteiger partial charge on any atom is 0.204 e. The number of fused-ring (bicyclic) bond motifs is 1. The van der Waals surface area contributed by atoms with Gasteiger partial charge < -0.3 is 13.9 Å². The summed E-state index contributed by atoms with van der Waals surface area (Å²) in [4.78, 5) is 11.3. The van der Waals surface area contributed by atoms with E-state index in [1.807, 2.05) is 0 Å². The normalized spacial score (nSPS) is 10.4. The first-order valence-corrected chi connectivity index (χ1v) is 4.82. The second-order valence-corrected chi connectivity index (χ2v) is 3.38. The Hall–Kier alpha value is -1.97. The largest absolute Gasteiger partial charge is 0.493 e. The Balaban J connectivity index is 2.75. The molecular weight excluding hydrogens is 208 g/mol. The highest BCUT2D eigenvalue weighted by Gasteiger charge is 2.16. The highest BCUT2D eigenvalue weighted by molar-refractivity contribution is 6.07. The van der Waals surface area contributed by atoms with Crippen LogP contribution < -0.4 is 9.47 Å². The number of methoxy groups -OCH3 is 2. The van der Waals surface area contributed by atoms with E-state index in [0.717, 1.165) is 5.39 Å². The maximum absolute atomic E-state index is 11.3. The van der Waals surface area contributed by atoms with Gasteiger partial charge in [-0.1, -0.05) is 0 Å². The van der Waals surface area contributed by atoms with Gasteiger partial charge in [0.05, 0.1) is 19.8 Å². The summed E-state index contributed by atoms with van der Waals surface area (Å²) in [5.74, 6) is 1.05. The van der Waals surface area contributed by atoms with Crippen LogP contribution >= 0.6 is 0 Å². The van der Waals surface area contributed by atoms with E-state index in [4.69, 9.17) is 13.9 Å². The van der Waals surface area contributed by atoms with Crippen LogP contribution in [0, 0.1) is 0 Å². The van der Waals surface area contributed by atoms with Gasteiger partial charge in [0.1, 0.15) is 6.26 Å². The number of ether oxygens (including phenoxy) is 2. The van der Waals surface area contributed by atoms with Crippen molar-refractivity contribution in [1.29, 1.82) is 0 Å². The molecule has 0 amide bonds. The van der Waals surface area contributed by atoms with E-state index in [1.54, 1.807) is 19.2 Å². The summed E-state index contributed by atoms with van der Waals surface area (Å²) in [6, 6.07) is 3.54. The Morgan fingerprint density at radius 3 is 2.56 bits per heavy atom. The highest BCUT2D eigenvalue weighted by atomic mass is 16.5. The number of ketones is 1. The second kappa shape index (κ2) is 3.89. The Bertz CT molecular complexity index is 539. The topological polar surface area (TPSA) is 48.7 Å². The van der Waals surface area contributed by atoms with Crippen molar-refractivity contribution in [3.63, 3.8) is 0 Å². The Morgan fingerprint density at radius 2 is 2.00 bits per heavy atom. The van der Waals surface area contributed by atoms with Crippen molar-refractivity contribution in [2.24, 2.45) is 0 Å². The van der Waals surface area contributed by atoms with Crippen LogP contribution in [0.1, 0.15) is 17.3 Å². The molecule has 0 atom stereocenters. The number of hydrogen-bond acceptors (Lipinski definition) is 4. The molecule has 0 spiro atoms. The summed E-state index contributed by atoms with van der Waals surface area (Å²) in [5.41, 5.74) is 1.09. The van der Waals surface area contributed by atoms with Crippen molar-refractivity contribution in [2.75, 3.05) is 14.2 Å². The lowest BCUT2D eigenvalue weighted by molar-refractivity contribution is 0.101. The lowest BCUT2D eigenvalue weighted by Gasteiger charge is -2.06. The molecule has 2 aromatic rings. The van der Waals surface area contributed by atoms with Crippen LogP contribution in [0.2, 0.25) is 0 Å². The minimum atomic E-state index is -0.0361. The zero-order chi connectivity index (χ0) is 11.7. The van der Waals surface area contributed by atoms with Crippen LogP contribution in [0.3, 0.4) is 0 Å². The van der Waals surface area contributed by atoms with E-state index in [2.05, 4.69) is 0 Å². The molecule has 0 fully saturated rings. The third kappa shape index (κ3) is 1.43. The summed E-state index contributed by atoms with van der Waals surface area (Å²) in [7, 11) is 3.09. The van der Waals surface area contributed by atoms with Gasteiger partial charge in [-0.15, -0.1) is 0 Å². The van der Waals surface area contributed by atoms with Gasteiger partial charge in [-0.25, -0.2) is 0 Å². The van der Waals surface area contributed by atoms with Gasteiger partial charge in [0.25, 0.3) is 0 Å². The number of carbonyl (C=O) groups excluding carboxylic acids is 1. The molecule has 0 unspecified atom stereocenters. The van der Waals surface area contributed by atoms with Crippen LogP contribution in [-0.2, 0) is 0 Å². The predicted molar refractivity (Wildman–Crippen MR) is 59.3 cm³/mol. The van der Waals surface area contributed by atoms with Gasteiger partial charge in [-0.2, -0.15) is 0 Å². The van der Waals surface area contributed by atoms with Crippen molar-refractivity contribution >= 4 is 16.8 Å². The maximum atomic E-state index is 11.3. The minimum absolute atomic E-state index is 0.0361. The summed E-state index contributed by atoms with van der Waals surface area (Å²) in [6.45, 7) is 1.50. The van der Waals surface area contributed by atoms with E-state index < -0.39 is 0 Å². The van der Waals surface area contributed by atoms with Crippen molar-refractivity contribution in [1.82, 2.24) is 0 Å². The highest BCUT2D eigenvalue weighted by Crippen LogP contribution is 2.37. The number of carbonyl (C=O) groups is 1. The van der Waals surface area contributed by atoms with Gasteiger partial charge in [0.15, 0.2) is 17.1 Å². The van der Waals surface area contributed by atoms with Crippen molar-refractivity contribution in [3.8, 4) is 11.5 Å². The number of Topliss-reactive ketones (excluding diaryl/α,β-unsaturated/α-hetero) is 1. The lowest BCUT2D eigenvalue weighted by atomic mass is 10.1. The molecule has 0 aliphatic rings. The fraction of sp³-hybridized carbons (Fsp3) is 0.250. The standard InChI is InChI=1S/C12H12O4/c1-7(13)9-6-16-11-8(9)4-5-10(14-2)12(11)15-3/h4-6H,1-3H3. The quantitative estimate of drug-likeness (QED) is 0.746. The first kappa shape index (κ1) is 10.5. The average Bonchev–Trinajstić information content (AvgIpc) is 2.71. The van der Waals surface area contributed by atoms with Crippen LogP contribution in [0.4, 0.5) is 0 Å². The first-order chi connectivity index (χ1) is 7.69. The molecule has 4 nitrogen and oxygen atoms in total. The Morgan fingerprint density at radius 1 is 1.25 bits per heavy atom. The second-order valence-electron chi connectivity index (χ2n) is 3.38. The third-order valence-electron chi connectivity index (χ3n) is 2.46. The number of rotatable bonds is 3. The summed E-state index contributed by atoms with van der Waals surface area (Å²) < 4.78 is 15.7. The number of benzene rings is 1. The van der Waals surface area contributed by atoms with Gasteiger partial charge >= 0.3 is 0 Å². The van der Waals surface area contributed by atoms with Crippen LogP contribution in [-0.4, -0.2) is 20.0 Å². The van der Waals surface area contributed by atoms with E-state index in [-0.39, 0.29) is 5.78 Å². The van der Waals surface area contributed by atoms with Crippen LogP contribution in [0.25, 0.3) is 11.0 Å². The molecule has 0 N–H and O–H groups in total. The monoisotopic (exact) mass is 220 g/mol. The predicted octanol–water partition coefficient (Wildman–Crippen LogP) is 2.65. The fourth-order valence-corrected chi connectivity index (χ4v) is 1.68. The minimum Gasteiger partial charge on any atom is -0.493 e. The molecule has 16 heavy (non-hydrogen) atoms. The summed E-state index contributed by atoms with van der Waals surface area (Å²) in [6.07, 6.45) is 1.44. The van der Waals surface area contributed by atoms with Crippen molar-refractivity contribution in [2.45, 2.75) is 6.92 Å². The van der Waals surface area contributed by atoms with Gasteiger partial charge in [-0.05, 0) is 19.1 Å². The number of hydrogen-bond donors (Lipinski definition) is 0. The molecule has 0 radical (unpaired) electrons. The first-order valence-electron chi connectivity index (χ1n) is 4.82. The third-order valence-corrected chi connectivity index (χ3v) is 2.46. The molecule has 84 valence electrons. The molecule has 0 bridgehead atoms. The Labute approximate surface area is 92.8 Å². The van der Waals surface area contributed by atoms with Gasteiger partial charge in [-0.3, -0.25) is 4.79 Å². The van der Waals surface area contributed by atoms with Crippen LogP contribution in [0.5, 0.6) is 11.5 Å². The van der Waals surface area contributed by atoms with E-state index in [1.165, 1.54) is 20.3 Å². The van der Waals surface area contributed by atoms with Gasteiger partial charge in [0.2, 0.25) is 5.75 Å². The molecule has 1 aromatic heterocycles.